The van der Waals surface area contributed by atoms with Crippen LogP contribution < -0.4 is 11.1 Å². The van der Waals surface area contributed by atoms with Crippen molar-refractivity contribution in [3.63, 3.8) is 0 Å². The van der Waals surface area contributed by atoms with Crippen molar-refractivity contribution in [3.05, 3.63) is 35.4 Å². The first-order valence-electron chi connectivity index (χ1n) is 7.74. The second-order valence-corrected chi connectivity index (χ2v) is 5.94. The Hall–Kier alpha value is -1.35. The molecule has 0 aromatic heterocycles. The van der Waals surface area contributed by atoms with Gasteiger partial charge in [0, 0.05) is 12.5 Å². The molecule has 0 saturated heterocycles. The number of hydrogen-bond acceptors (Lipinski definition) is 2. The molecule has 0 aliphatic heterocycles. The maximum Gasteiger partial charge on any atom is 0.220 e. The minimum absolute atomic E-state index is 0.0611. The summed E-state index contributed by atoms with van der Waals surface area (Å²) in [4.78, 5) is 12.1. The highest BCUT2D eigenvalue weighted by molar-refractivity contribution is 5.76. The Labute approximate surface area is 121 Å². The van der Waals surface area contributed by atoms with E-state index in [0.29, 0.717) is 12.3 Å². The van der Waals surface area contributed by atoms with Crippen LogP contribution in [0.15, 0.2) is 24.3 Å². The highest BCUT2D eigenvalue weighted by Crippen LogP contribution is 2.27. The SMILES string of the molecule is CCc1ccc(C(C)NC(=O)C[C@@H]2CCC[C@H]2N)cc1. The molecule has 2 rings (SSSR count). The first-order valence-corrected chi connectivity index (χ1v) is 7.74. The Morgan fingerprint density at radius 2 is 2.05 bits per heavy atom. The van der Waals surface area contributed by atoms with E-state index in [1.54, 1.807) is 0 Å². The molecular weight excluding hydrogens is 248 g/mol. The van der Waals surface area contributed by atoms with Crippen LogP contribution in [0.5, 0.6) is 0 Å². The average Bonchev–Trinajstić information content (AvgIpc) is 2.84. The summed E-state index contributed by atoms with van der Waals surface area (Å²) < 4.78 is 0. The lowest BCUT2D eigenvalue weighted by Crippen LogP contribution is -2.32. The fourth-order valence-corrected chi connectivity index (χ4v) is 2.98. The molecule has 1 aliphatic rings. The molecule has 3 atom stereocenters. The fraction of sp³-hybridized carbons (Fsp3) is 0.588. The number of amides is 1. The van der Waals surface area contributed by atoms with Crippen molar-refractivity contribution in [2.24, 2.45) is 11.7 Å². The van der Waals surface area contributed by atoms with Crippen molar-refractivity contribution in [2.45, 2.75) is 58.0 Å². The van der Waals surface area contributed by atoms with E-state index in [1.807, 2.05) is 6.92 Å². The van der Waals surface area contributed by atoms with Gasteiger partial charge in [-0.2, -0.15) is 0 Å². The highest BCUT2D eigenvalue weighted by atomic mass is 16.1. The normalized spacial score (nSPS) is 23.6. The van der Waals surface area contributed by atoms with E-state index >= 15 is 0 Å². The van der Waals surface area contributed by atoms with E-state index in [-0.39, 0.29) is 18.0 Å². The summed E-state index contributed by atoms with van der Waals surface area (Å²) in [6.45, 7) is 4.18. The van der Waals surface area contributed by atoms with Crippen LogP contribution in [0, 0.1) is 5.92 Å². The van der Waals surface area contributed by atoms with Crippen molar-refractivity contribution < 1.29 is 4.79 Å². The third kappa shape index (κ3) is 3.83. The summed E-state index contributed by atoms with van der Waals surface area (Å²) in [7, 11) is 0. The molecular formula is C17H26N2O. The topological polar surface area (TPSA) is 55.1 Å². The van der Waals surface area contributed by atoms with Gasteiger partial charge in [-0.3, -0.25) is 4.79 Å². The van der Waals surface area contributed by atoms with E-state index in [2.05, 4.69) is 36.5 Å². The molecule has 1 aromatic carbocycles. The predicted molar refractivity (Wildman–Crippen MR) is 82.3 cm³/mol. The van der Waals surface area contributed by atoms with E-state index in [1.165, 1.54) is 5.56 Å². The van der Waals surface area contributed by atoms with Crippen LogP contribution in [0.4, 0.5) is 0 Å². The maximum absolute atomic E-state index is 12.1. The third-order valence-electron chi connectivity index (χ3n) is 4.43. The molecule has 1 unspecified atom stereocenters. The molecule has 1 aliphatic carbocycles. The number of benzene rings is 1. The van der Waals surface area contributed by atoms with E-state index in [0.717, 1.165) is 31.2 Å². The van der Waals surface area contributed by atoms with Gasteiger partial charge in [0.2, 0.25) is 5.91 Å². The van der Waals surface area contributed by atoms with Crippen LogP contribution in [0.25, 0.3) is 0 Å². The molecule has 1 amide bonds. The summed E-state index contributed by atoms with van der Waals surface area (Å²) in [6, 6.07) is 8.73. The number of hydrogen-bond donors (Lipinski definition) is 2. The van der Waals surface area contributed by atoms with Gasteiger partial charge >= 0.3 is 0 Å². The van der Waals surface area contributed by atoms with Gasteiger partial charge in [-0.1, -0.05) is 37.6 Å². The second-order valence-electron chi connectivity index (χ2n) is 5.94. The lowest BCUT2D eigenvalue weighted by atomic mass is 9.99. The molecule has 1 saturated carbocycles. The van der Waals surface area contributed by atoms with E-state index in [9.17, 15) is 4.79 Å². The average molecular weight is 274 g/mol. The predicted octanol–water partition coefficient (Wildman–Crippen LogP) is 2.94. The van der Waals surface area contributed by atoms with Crippen molar-refractivity contribution in [1.82, 2.24) is 5.32 Å². The lowest BCUT2D eigenvalue weighted by molar-refractivity contribution is -0.122. The maximum atomic E-state index is 12.1. The van der Waals surface area contributed by atoms with E-state index in [4.69, 9.17) is 5.73 Å². The molecule has 3 N–H and O–H groups in total. The van der Waals surface area contributed by atoms with Gasteiger partial charge in [0.15, 0.2) is 0 Å². The molecule has 3 nitrogen and oxygen atoms in total. The quantitative estimate of drug-likeness (QED) is 0.867. The number of carbonyl (C=O) groups is 1. The number of nitrogens with one attached hydrogen (secondary N) is 1. The van der Waals surface area contributed by atoms with Crippen molar-refractivity contribution in [3.8, 4) is 0 Å². The fourth-order valence-electron chi connectivity index (χ4n) is 2.98. The molecule has 1 fully saturated rings. The Balaban J connectivity index is 1.86. The summed E-state index contributed by atoms with van der Waals surface area (Å²) in [5, 5.41) is 3.09. The Bertz CT molecular complexity index is 441. The number of aryl methyl sites for hydroxylation is 1. The summed E-state index contributed by atoms with van der Waals surface area (Å²) in [6.07, 6.45) is 4.92. The summed E-state index contributed by atoms with van der Waals surface area (Å²) in [5.74, 6) is 0.490. The van der Waals surface area contributed by atoms with Gasteiger partial charge in [0.25, 0.3) is 0 Å². The van der Waals surface area contributed by atoms with Gasteiger partial charge in [-0.25, -0.2) is 0 Å². The smallest absolute Gasteiger partial charge is 0.220 e. The number of rotatable bonds is 5. The van der Waals surface area contributed by atoms with Crippen LogP contribution in [-0.4, -0.2) is 11.9 Å². The zero-order valence-electron chi connectivity index (χ0n) is 12.6. The lowest BCUT2D eigenvalue weighted by Gasteiger charge is -2.18. The van der Waals surface area contributed by atoms with Crippen molar-refractivity contribution in [1.29, 1.82) is 0 Å². The van der Waals surface area contributed by atoms with Gasteiger partial charge in [0.05, 0.1) is 6.04 Å². The molecule has 0 radical (unpaired) electrons. The highest BCUT2D eigenvalue weighted by Gasteiger charge is 2.26. The minimum atomic E-state index is 0.0611. The summed E-state index contributed by atoms with van der Waals surface area (Å²) >= 11 is 0. The van der Waals surface area contributed by atoms with Gasteiger partial charge in [-0.05, 0) is 43.2 Å². The zero-order chi connectivity index (χ0) is 14.5. The minimum Gasteiger partial charge on any atom is -0.350 e. The molecule has 0 bridgehead atoms. The Morgan fingerprint density at radius 1 is 1.35 bits per heavy atom. The standard InChI is InChI=1S/C17H26N2O/c1-3-13-7-9-14(10-8-13)12(2)19-17(20)11-15-5-4-6-16(15)18/h7-10,12,15-16H,3-6,11,18H2,1-2H3,(H,19,20)/t12?,15-,16+/m0/s1. The van der Waals surface area contributed by atoms with Gasteiger partial charge in [-0.15, -0.1) is 0 Å². The molecule has 0 heterocycles. The van der Waals surface area contributed by atoms with Crippen LogP contribution in [0.3, 0.4) is 0 Å². The second kappa shape index (κ2) is 6.89. The van der Waals surface area contributed by atoms with Gasteiger partial charge in [0.1, 0.15) is 0 Å². The number of carbonyl (C=O) groups excluding carboxylic acids is 1. The molecule has 1 aromatic rings. The molecule has 110 valence electrons. The Kier molecular flexibility index (Phi) is 5.18. The van der Waals surface area contributed by atoms with Gasteiger partial charge < -0.3 is 11.1 Å². The first-order chi connectivity index (χ1) is 9.60. The monoisotopic (exact) mass is 274 g/mol. The van der Waals surface area contributed by atoms with Crippen LogP contribution >= 0.6 is 0 Å². The molecule has 20 heavy (non-hydrogen) atoms. The van der Waals surface area contributed by atoms with Crippen LogP contribution in [0.1, 0.15) is 56.7 Å². The molecule has 3 heteroatoms. The number of nitrogens with two attached hydrogens (primary N) is 1. The largest absolute Gasteiger partial charge is 0.350 e. The van der Waals surface area contributed by atoms with E-state index < -0.39 is 0 Å². The van der Waals surface area contributed by atoms with Crippen molar-refractivity contribution in [2.75, 3.05) is 0 Å². The van der Waals surface area contributed by atoms with Crippen LogP contribution in [0.2, 0.25) is 0 Å². The molecule has 0 spiro atoms. The first kappa shape index (κ1) is 15.0. The summed E-state index contributed by atoms with van der Waals surface area (Å²) in [5.41, 5.74) is 8.50. The van der Waals surface area contributed by atoms with Crippen molar-refractivity contribution >= 4 is 5.91 Å². The van der Waals surface area contributed by atoms with Crippen LogP contribution in [-0.2, 0) is 11.2 Å². The Morgan fingerprint density at radius 3 is 2.60 bits per heavy atom. The third-order valence-corrected chi connectivity index (χ3v) is 4.43. The zero-order valence-corrected chi connectivity index (χ0v) is 12.6.